The van der Waals surface area contributed by atoms with Gasteiger partial charge in [0.15, 0.2) is 0 Å². The molecule has 2 aromatic rings. The molecule has 4 rings (SSSR count). The van der Waals surface area contributed by atoms with Crippen LogP contribution in [0.25, 0.3) is 11.1 Å². The van der Waals surface area contributed by atoms with Crippen molar-refractivity contribution < 1.29 is 43.9 Å². The molecule has 0 unspecified atom stereocenters. The number of nitrogens with zero attached hydrogens (tertiary/aromatic N) is 2. The van der Waals surface area contributed by atoms with Gasteiger partial charge in [-0.3, -0.25) is 13.6 Å². The van der Waals surface area contributed by atoms with Gasteiger partial charge in [0, 0.05) is 25.1 Å². The summed E-state index contributed by atoms with van der Waals surface area (Å²) in [4.78, 5) is 15.1. The second kappa shape index (κ2) is 10.5. The lowest BCUT2D eigenvalue weighted by molar-refractivity contribution is 0.139. The number of amides is 1. The van der Waals surface area contributed by atoms with E-state index in [1.807, 2.05) is 0 Å². The van der Waals surface area contributed by atoms with Crippen molar-refractivity contribution in [2.45, 2.75) is 31.5 Å². The highest BCUT2D eigenvalue weighted by atomic mass is 32.2. The number of piperidine rings is 1. The van der Waals surface area contributed by atoms with Crippen LogP contribution in [0.15, 0.2) is 36.4 Å². The normalized spacial score (nSPS) is 19.4. The van der Waals surface area contributed by atoms with Crippen LogP contribution in [-0.2, 0) is 29.2 Å². The number of rotatable bonds is 8. The van der Waals surface area contributed by atoms with Gasteiger partial charge in [0.05, 0.1) is 36.0 Å². The Morgan fingerprint density at radius 2 is 1.76 bits per heavy atom. The summed E-state index contributed by atoms with van der Waals surface area (Å²) in [6.07, 6.45) is -0.275. The lowest BCUT2D eigenvalue weighted by atomic mass is 10.0. The van der Waals surface area contributed by atoms with Crippen LogP contribution in [0.4, 0.5) is 25.0 Å². The van der Waals surface area contributed by atoms with Crippen LogP contribution in [0.5, 0.6) is 0 Å². The Labute approximate surface area is 213 Å². The van der Waals surface area contributed by atoms with Crippen molar-refractivity contribution in [1.82, 2.24) is 0 Å². The van der Waals surface area contributed by atoms with Gasteiger partial charge in [0.2, 0.25) is 0 Å². The minimum absolute atomic E-state index is 0.0115. The van der Waals surface area contributed by atoms with E-state index in [1.54, 1.807) is 11.0 Å². The monoisotopic (exact) mass is 560 g/mol. The molecule has 0 aliphatic carbocycles. The number of benzene rings is 2. The average molecular weight is 561 g/mol. The fourth-order valence-corrected chi connectivity index (χ4v) is 5.69. The number of cyclic esters (lactones) is 1. The molecular weight excluding hydrogens is 534 g/mol. The molecule has 14 heteroatoms. The molecule has 1 amide bonds. The van der Waals surface area contributed by atoms with E-state index in [0.717, 1.165) is 17.2 Å². The molecule has 0 bridgehead atoms. The third kappa shape index (κ3) is 6.94. The minimum atomic E-state index is -4.21. The summed E-state index contributed by atoms with van der Waals surface area (Å²) >= 11 is 0. The molecule has 2 aliphatic rings. The second-order valence-corrected chi connectivity index (χ2v) is 12.2. The van der Waals surface area contributed by atoms with Crippen molar-refractivity contribution in [2.75, 3.05) is 41.4 Å². The number of carbonyl (C=O) groups excluding carboxylic acids is 1. The van der Waals surface area contributed by atoms with Crippen molar-refractivity contribution >= 4 is 37.7 Å². The third-order valence-electron chi connectivity index (χ3n) is 6.19. The standard InChI is InChI=1S/C23H26F2N2O8S2/c1-36(29,30)35-17-6-9-26(10-7-17)22-5-2-15(12-21(22)25)19-4-3-16(13-20(19)24)27-14-18(34-23(27)28)8-11-37(31,32)33/h2-5,12-13,17-18H,6-11,14H2,1H3,(H,31,32,33)/t18-/m1/s1. The quantitative estimate of drug-likeness (QED) is 0.382. The van der Waals surface area contributed by atoms with Crippen molar-refractivity contribution in [3.8, 4) is 11.1 Å². The number of hydrogen-bond acceptors (Lipinski definition) is 8. The summed E-state index contributed by atoms with van der Waals surface area (Å²) < 4.78 is 93.4. The smallest absolute Gasteiger partial charge is 0.414 e. The fourth-order valence-electron chi connectivity index (χ4n) is 4.44. The van der Waals surface area contributed by atoms with E-state index in [-0.39, 0.29) is 29.8 Å². The van der Waals surface area contributed by atoms with Gasteiger partial charge in [-0.05, 0) is 48.7 Å². The molecule has 2 saturated heterocycles. The first-order valence-electron chi connectivity index (χ1n) is 11.4. The van der Waals surface area contributed by atoms with Gasteiger partial charge < -0.3 is 9.64 Å². The van der Waals surface area contributed by atoms with Gasteiger partial charge in [0.25, 0.3) is 20.2 Å². The predicted molar refractivity (Wildman–Crippen MR) is 132 cm³/mol. The maximum atomic E-state index is 15.0. The highest BCUT2D eigenvalue weighted by Gasteiger charge is 2.33. The van der Waals surface area contributed by atoms with E-state index in [1.165, 1.54) is 24.3 Å². The van der Waals surface area contributed by atoms with E-state index in [2.05, 4.69) is 0 Å². The first-order valence-corrected chi connectivity index (χ1v) is 14.9. The first kappa shape index (κ1) is 27.2. The Morgan fingerprint density at radius 3 is 2.35 bits per heavy atom. The Kier molecular flexibility index (Phi) is 7.74. The van der Waals surface area contributed by atoms with Crippen LogP contribution in [0.3, 0.4) is 0 Å². The van der Waals surface area contributed by atoms with Crippen molar-refractivity contribution in [3.05, 3.63) is 48.0 Å². The summed E-state index contributed by atoms with van der Waals surface area (Å²) in [5.74, 6) is -1.83. The largest absolute Gasteiger partial charge is 0.444 e. The van der Waals surface area contributed by atoms with Crippen molar-refractivity contribution in [1.29, 1.82) is 0 Å². The zero-order valence-corrected chi connectivity index (χ0v) is 21.5. The maximum absolute atomic E-state index is 15.0. The molecular formula is C23H26F2N2O8S2. The van der Waals surface area contributed by atoms with Crippen molar-refractivity contribution in [2.24, 2.45) is 0 Å². The summed E-state index contributed by atoms with van der Waals surface area (Å²) in [6, 6.07) is 8.32. The highest BCUT2D eigenvalue weighted by molar-refractivity contribution is 7.86. The summed E-state index contributed by atoms with van der Waals surface area (Å²) in [5, 5.41) is 0. The molecule has 1 N–H and O–H groups in total. The molecule has 2 aliphatic heterocycles. The Hall–Kier alpha value is -2.81. The minimum Gasteiger partial charge on any atom is -0.444 e. The van der Waals surface area contributed by atoms with E-state index in [9.17, 15) is 30.4 Å². The van der Waals surface area contributed by atoms with Crippen molar-refractivity contribution in [3.63, 3.8) is 0 Å². The Bertz CT molecular complexity index is 1390. The summed E-state index contributed by atoms with van der Waals surface area (Å²) in [6.45, 7) is 0.787. The maximum Gasteiger partial charge on any atom is 0.414 e. The SMILES string of the molecule is CS(=O)(=O)OC1CCN(c2ccc(-c3ccc(N4C[C@@H](CCS(=O)(=O)O)OC4=O)cc3F)cc2F)CC1. The Balaban J connectivity index is 1.44. The van der Waals surface area contributed by atoms with Crippen LogP contribution in [0.1, 0.15) is 19.3 Å². The molecule has 0 radical (unpaired) electrons. The van der Waals surface area contributed by atoms with E-state index >= 15 is 0 Å². The number of carbonyl (C=O) groups is 1. The predicted octanol–water partition coefficient (Wildman–Crippen LogP) is 3.18. The van der Waals surface area contributed by atoms with Gasteiger partial charge in [-0.2, -0.15) is 16.8 Å². The molecule has 2 heterocycles. The Morgan fingerprint density at radius 1 is 1.05 bits per heavy atom. The van der Waals surface area contributed by atoms with E-state index in [4.69, 9.17) is 13.5 Å². The van der Waals surface area contributed by atoms with Crippen LogP contribution in [0.2, 0.25) is 0 Å². The van der Waals surface area contributed by atoms with Gasteiger partial charge >= 0.3 is 6.09 Å². The number of halogens is 2. The third-order valence-corrected chi connectivity index (χ3v) is 7.56. The van der Waals surface area contributed by atoms with Gasteiger partial charge in [0.1, 0.15) is 17.7 Å². The number of anilines is 2. The molecule has 2 aromatic carbocycles. The average Bonchev–Trinajstić information content (AvgIpc) is 3.17. The fraction of sp³-hybridized carbons (Fsp3) is 0.435. The van der Waals surface area contributed by atoms with Crippen LogP contribution >= 0.6 is 0 Å². The second-order valence-electron chi connectivity index (χ2n) is 9.01. The lowest BCUT2D eigenvalue weighted by Gasteiger charge is -2.33. The molecule has 0 spiro atoms. The molecule has 0 aromatic heterocycles. The summed E-state index contributed by atoms with van der Waals surface area (Å²) in [5.41, 5.74) is 0.909. The van der Waals surface area contributed by atoms with E-state index in [0.29, 0.717) is 31.6 Å². The summed E-state index contributed by atoms with van der Waals surface area (Å²) in [7, 11) is -7.77. The zero-order valence-electron chi connectivity index (χ0n) is 19.8. The molecule has 37 heavy (non-hydrogen) atoms. The van der Waals surface area contributed by atoms with Crippen LogP contribution in [0, 0.1) is 11.6 Å². The molecule has 1 atom stereocenters. The van der Waals surface area contributed by atoms with E-state index < -0.39 is 55.9 Å². The number of ether oxygens (including phenoxy) is 1. The van der Waals surface area contributed by atoms with Crippen LogP contribution < -0.4 is 9.80 Å². The number of hydrogen-bond donors (Lipinski definition) is 1. The topological polar surface area (TPSA) is 131 Å². The highest BCUT2D eigenvalue weighted by Crippen LogP contribution is 2.33. The van der Waals surface area contributed by atoms with Gasteiger partial charge in [-0.25, -0.2) is 13.6 Å². The first-order chi connectivity index (χ1) is 17.3. The molecule has 0 saturated carbocycles. The van der Waals surface area contributed by atoms with Crippen LogP contribution in [-0.4, -0.2) is 71.3 Å². The molecule has 10 nitrogen and oxygen atoms in total. The van der Waals surface area contributed by atoms with Gasteiger partial charge in [-0.15, -0.1) is 0 Å². The lowest BCUT2D eigenvalue weighted by Crippen LogP contribution is -2.38. The zero-order chi connectivity index (χ0) is 27.0. The molecule has 202 valence electrons. The molecule has 2 fully saturated rings. The van der Waals surface area contributed by atoms with Gasteiger partial charge in [-0.1, -0.05) is 6.07 Å².